The van der Waals surface area contributed by atoms with Crippen molar-refractivity contribution in [1.29, 1.82) is 0 Å². The van der Waals surface area contributed by atoms with Gasteiger partial charge in [0.15, 0.2) is 0 Å². The first-order valence-electron chi connectivity index (χ1n) is 5.65. The third kappa shape index (κ3) is 3.03. The Morgan fingerprint density at radius 2 is 2.05 bits per heavy atom. The van der Waals surface area contributed by atoms with Gasteiger partial charge in [0, 0.05) is 11.6 Å². The summed E-state index contributed by atoms with van der Waals surface area (Å²) < 4.78 is 27.5. The minimum absolute atomic E-state index is 0.199. The van der Waals surface area contributed by atoms with E-state index in [1.54, 1.807) is 6.92 Å². The molecule has 0 aliphatic heterocycles. The number of nitrogens with zero attached hydrogens (tertiary/aromatic N) is 2. The fraction of sp³-hybridized carbons (Fsp3) is 0.231. The van der Waals surface area contributed by atoms with Gasteiger partial charge in [0.05, 0.1) is 12.2 Å². The standard InChI is InChI=1S/C13H12F2N2O2/c1-8-2-5-13(19)17(16-8)7-12(18)10-6-9(14)3-4-11(10)15/h2-6,12,18H,7H2,1H3. The molecule has 100 valence electrons. The second-order valence-electron chi connectivity index (χ2n) is 4.18. The Bertz CT molecular complexity index is 655. The molecule has 0 amide bonds. The molecule has 0 radical (unpaired) electrons. The Morgan fingerprint density at radius 3 is 2.79 bits per heavy atom. The molecule has 0 aliphatic rings. The van der Waals surface area contributed by atoms with Crippen LogP contribution in [0.1, 0.15) is 17.4 Å². The Morgan fingerprint density at radius 1 is 1.32 bits per heavy atom. The largest absolute Gasteiger partial charge is 0.386 e. The average molecular weight is 266 g/mol. The van der Waals surface area contributed by atoms with Gasteiger partial charge >= 0.3 is 0 Å². The topological polar surface area (TPSA) is 55.1 Å². The normalized spacial score (nSPS) is 12.4. The van der Waals surface area contributed by atoms with Crippen LogP contribution < -0.4 is 5.56 Å². The van der Waals surface area contributed by atoms with Gasteiger partial charge in [-0.25, -0.2) is 13.5 Å². The van der Waals surface area contributed by atoms with Crippen molar-refractivity contribution in [3.8, 4) is 0 Å². The summed E-state index contributed by atoms with van der Waals surface area (Å²) in [5.41, 5.74) is -0.0248. The zero-order chi connectivity index (χ0) is 14.0. The average Bonchev–Trinajstić information content (AvgIpc) is 2.36. The van der Waals surface area contributed by atoms with E-state index in [9.17, 15) is 18.7 Å². The molecule has 4 nitrogen and oxygen atoms in total. The van der Waals surface area contributed by atoms with Crippen molar-refractivity contribution in [3.05, 3.63) is 63.6 Å². The number of rotatable bonds is 3. The van der Waals surface area contributed by atoms with Crippen LogP contribution in [0.25, 0.3) is 0 Å². The molecular formula is C13H12F2N2O2. The monoisotopic (exact) mass is 266 g/mol. The molecule has 0 fully saturated rings. The highest BCUT2D eigenvalue weighted by molar-refractivity contribution is 5.21. The van der Waals surface area contributed by atoms with Crippen molar-refractivity contribution in [1.82, 2.24) is 9.78 Å². The van der Waals surface area contributed by atoms with Gasteiger partial charge in [-0.1, -0.05) is 0 Å². The van der Waals surface area contributed by atoms with E-state index in [1.165, 1.54) is 12.1 Å². The molecule has 1 aromatic carbocycles. The van der Waals surface area contributed by atoms with Crippen molar-refractivity contribution in [2.24, 2.45) is 0 Å². The molecule has 1 N–H and O–H groups in total. The van der Waals surface area contributed by atoms with E-state index in [4.69, 9.17) is 0 Å². The maximum atomic E-state index is 13.5. The van der Waals surface area contributed by atoms with E-state index in [0.717, 1.165) is 22.9 Å². The summed E-state index contributed by atoms with van der Waals surface area (Å²) in [5, 5.41) is 13.8. The fourth-order valence-corrected chi connectivity index (χ4v) is 1.71. The minimum Gasteiger partial charge on any atom is -0.386 e. The van der Waals surface area contributed by atoms with Gasteiger partial charge in [-0.2, -0.15) is 5.10 Å². The number of aromatic nitrogens is 2. The number of aliphatic hydroxyl groups excluding tert-OH is 1. The molecule has 0 spiro atoms. The smallest absolute Gasteiger partial charge is 0.266 e. The first kappa shape index (κ1) is 13.4. The van der Waals surface area contributed by atoms with Crippen LogP contribution in [0.3, 0.4) is 0 Å². The lowest BCUT2D eigenvalue weighted by atomic mass is 10.1. The van der Waals surface area contributed by atoms with Crippen molar-refractivity contribution < 1.29 is 13.9 Å². The van der Waals surface area contributed by atoms with Crippen LogP contribution in [0, 0.1) is 18.6 Å². The van der Waals surface area contributed by atoms with Gasteiger partial charge in [0.1, 0.15) is 17.7 Å². The summed E-state index contributed by atoms with van der Waals surface area (Å²) in [4.78, 5) is 11.5. The molecule has 19 heavy (non-hydrogen) atoms. The first-order valence-corrected chi connectivity index (χ1v) is 5.65. The molecule has 2 rings (SSSR count). The Kier molecular flexibility index (Phi) is 3.71. The van der Waals surface area contributed by atoms with Crippen LogP contribution in [0.4, 0.5) is 8.78 Å². The summed E-state index contributed by atoms with van der Waals surface area (Å²) >= 11 is 0. The number of hydrogen-bond acceptors (Lipinski definition) is 3. The van der Waals surface area contributed by atoms with Crippen molar-refractivity contribution in [2.45, 2.75) is 19.6 Å². The number of aliphatic hydroxyl groups is 1. The molecular weight excluding hydrogens is 254 g/mol. The quantitative estimate of drug-likeness (QED) is 0.917. The Labute approximate surface area is 107 Å². The minimum atomic E-state index is -1.34. The highest BCUT2D eigenvalue weighted by Crippen LogP contribution is 2.19. The first-order chi connectivity index (χ1) is 8.97. The SMILES string of the molecule is Cc1ccc(=O)n(CC(O)c2cc(F)ccc2F)n1. The second-order valence-corrected chi connectivity index (χ2v) is 4.18. The molecule has 0 aliphatic carbocycles. The molecule has 1 aromatic heterocycles. The zero-order valence-electron chi connectivity index (χ0n) is 10.2. The van der Waals surface area contributed by atoms with Crippen molar-refractivity contribution >= 4 is 0 Å². The molecule has 1 atom stereocenters. The highest BCUT2D eigenvalue weighted by Gasteiger charge is 2.15. The Hall–Kier alpha value is -2.08. The summed E-state index contributed by atoms with van der Waals surface area (Å²) in [6, 6.07) is 5.63. The van der Waals surface area contributed by atoms with Gasteiger partial charge in [-0.05, 0) is 31.2 Å². The van der Waals surface area contributed by atoms with E-state index in [-0.39, 0.29) is 12.1 Å². The summed E-state index contributed by atoms with van der Waals surface area (Å²) in [6.45, 7) is 1.45. The van der Waals surface area contributed by atoms with Crippen molar-refractivity contribution in [2.75, 3.05) is 0 Å². The number of hydrogen-bond donors (Lipinski definition) is 1. The highest BCUT2D eigenvalue weighted by atomic mass is 19.1. The maximum absolute atomic E-state index is 13.5. The van der Waals surface area contributed by atoms with Crippen LogP contribution in [-0.4, -0.2) is 14.9 Å². The van der Waals surface area contributed by atoms with Gasteiger partial charge < -0.3 is 5.11 Å². The van der Waals surface area contributed by atoms with E-state index in [0.29, 0.717) is 5.69 Å². The third-order valence-corrected chi connectivity index (χ3v) is 2.66. The molecule has 2 aromatic rings. The van der Waals surface area contributed by atoms with Crippen LogP contribution in [-0.2, 0) is 6.54 Å². The van der Waals surface area contributed by atoms with Gasteiger partial charge in [-0.3, -0.25) is 4.79 Å². The summed E-state index contributed by atoms with van der Waals surface area (Å²) in [7, 11) is 0. The van der Waals surface area contributed by atoms with E-state index in [2.05, 4.69) is 5.10 Å². The third-order valence-electron chi connectivity index (χ3n) is 2.66. The zero-order valence-corrected chi connectivity index (χ0v) is 10.2. The van der Waals surface area contributed by atoms with E-state index in [1.807, 2.05) is 0 Å². The number of aryl methyl sites for hydroxylation is 1. The van der Waals surface area contributed by atoms with Gasteiger partial charge in [0.2, 0.25) is 0 Å². The lowest BCUT2D eigenvalue weighted by Gasteiger charge is -2.13. The lowest BCUT2D eigenvalue weighted by molar-refractivity contribution is 0.144. The molecule has 1 unspecified atom stereocenters. The lowest BCUT2D eigenvalue weighted by Crippen LogP contribution is -2.25. The van der Waals surface area contributed by atoms with Gasteiger partial charge in [-0.15, -0.1) is 0 Å². The molecule has 0 saturated carbocycles. The van der Waals surface area contributed by atoms with Crippen LogP contribution in [0.15, 0.2) is 35.1 Å². The van der Waals surface area contributed by atoms with E-state index < -0.39 is 23.3 Å². The van der Waals surface area contributed by atoms with Gasteiger partial charge in [0.25, 0.3) is 5.56 Å². The fourth-order valence-electron chi connectivity index (χ4n) is 1.71. The van der Waals surface area contributed by atoms with Crippen LogP contribution >= 0.6 is 0 Å². The Balaban J connectivity index is 2.30. The molecule has 0 saturated heterocycles. The molecule has 6 heteroatoms. The van der Waals surface area contributed by atoms with E-state index >= 15 is 0 Å². The second kappa shape index (κ2) is 5.27. The van der Waals surface area contributed by atoms with Crippen LogP contribution in [0.5, 0.6) is 0 Å². The van der Waals surface area contributed by atoms with Crippen LogP contribution in [0.2, 0.25) is 0 Å². The predicted octanol–water partition coefficient (Wildman–Crippen LogP) is 1.56. The maximum Gasteiger partial charge on any atom is 0.266 e. The number of benzene rings is 1. The molecule has 1 heterocycles. The summed E-state index contributed by atoms with van der Waals surface area (Å²) in [6.07, 6.45) is -1.34. The molecule has 0 bridgehead atoms. The number of halogens is 2. The predicted molar refractivity (Wildman–Crippen MR) is 64.6 cm³/mol. The van der Waals surface area contributed by atoms with Crippen molar-refractivity contribution in [3.63, 3.8) is 0 Å². The summed E-state index contributed by atoms with van der Waals surface area (Å²) in [5.74, 6) is -1.38.